The number of ether oxygens (including phenoxy) is 1. The standard InChI is InChI=1S/C15H35O13P3/c1-2-3-4-5-6-7-8-9-10-25-13-15(11-16,12-17)14-26-30(21,22)28-31(23,24)27-29(18,19)20/h16-17H,2-14H2,1H3,(H,21,22)(H,23,24)(H2,18,19,20). The Morgan fingerprint density at radius 3 is 1.71 bits per heavy atom. The minimum absolute atomic E-state index is 0.244. The lowest BCUT2D eigenvalue weighted by molar-refractivity contribution is -0.0566. The Morgan fingerprint density at radius 2 is 1.23 bits per heavy atom. The van der Waals surface area contributed by atoms with Gasteiger partial charge in [-0.25, -0.2) is 13.7 Å². The van der Waals surface area contributed by atoms with E-state index in [2.05, 4.69) is 20.1 Å². The molecule has 0 bridgehead atoms. The zero-order valence-electron chi connectivity index (χ0n) is 17.6. The van der Waals surface area contributed by atoms with Crippen LogP contribution in [0.5, 0.6) is 0 Å². The van der Waals surface area contributed by atoms with E-state index >= 15 is 0 Å². The van der Waals surface area contributed by atoms with Gasteiger partial charge >= 0.3 is 23.5 Å². The summed E-state index contributed by atoms with van der Waals surface area (Å²) >= 11 is 0. The maximum atomic E-state index is 11.8. The summed E-state index contributed by atoms with van der Waals surface area (Å²) in [5.41, 5.74) is -1.52. The van der Waals surface area contributed by atoms with Crippen molar-refractivity contribution in [3.63, 3.8) is 0 Å². The third kappa shape index (κ3) is 16.5. The molecular formula is C15H35O13P3. The number of rotatable bonds is 20. The van der Waals surface area contributed by atoms with Gasteiger partial charge in [-0.2, -0.15) is 8.62 Å². The van der Waals surface area contributed by atoms with Crippen molar-refractivity contribution >= 4 is 23.5 Å². The van der Waals surface area contributed by atoms with Crippen LogP contribution in [-0.4, -0.2) is 62.8 Å². The van der Waals surface area contributed by atoms with Crippen LogP contribution in [0.3, 0.4) is 0 Å². The molecule has 0 aliphatic carbocycles. The lowest BCUT2D eigenvalue weighted by Gasteiger charge is -2.29. The predicted molar refractivity (Wildman–Crippen MR) is 110 cm³/mol. The van der Waals surface area contributed by atoms with Gasteiger partial charge in [0.25, 0.3) is 0 Å². The number of aliphatic hydroxyl groups is 2. The van der Waals surface area contributed by atoms with E-state index in [1.807, 2.05) is 0 Å². The monoisotopic (exact) mass is 516 g/mol. The highest BCUT2D eigenvalue weighted by molar-refractivity contribution is 7.66. The molecule has 0 heterocycles. The second-order valence-corrected chi connectivity index (χ2v) is 11.6. The van der Waals surface area contributed by atoms with Gasteiger partial charge in [-0.1, -0.05) is 51.9 Å². The van der Waals surface area contributed by atoms with Crippen LogP contribution in [0.4, 0.5) is 0 Å². The molecule has 0 amide bonds. The molecule has 0 aromatic carbocycles. The summed E-state index contributed by atoms with van der Waals surface area (Å²) < 4.78 is 50.8. The fourth-order valence-electron chi connectivity index (χ4n) is 2.42. The average Bonchev–Trinajstić information content (AvgIpc) is 2.63. The molecule has 16 heteroatoms. The first-order chi connectivity index (χ1) is 14.3. The molecule has 2 unspecified atom stereocenters. The zero-order chi connectivity index (χ0) is 24.0. The average molecular weight is 516 g/mol. The first-order valence-corrected chi connectivity index (χ1v) is 14.4. The summed E-state index contributed by atoms with van der Waals surface area (Å²) in [5, 5.41) is 19.1. The largest absolute Gasteiger partial charge is 0.490 e. The van der Waals surface area contributed by atoms with Crippen LogP contribution in [0, 0.1) is 5.41 Å². The van der Waals surface area contributed by atoms with Gasteiger partial charge in [0.05, 0.1) is 31.8 Å². The van der Waals surface area contributed by atoms with E-state index in [0.29, 0.717) is 6.61 Å². The molecule has 13 nitrogen and oxygen atoms in total. The van der Waals surface area contributed by atoms with Gasteiger partial charge in [0, 0.05) is 6.61 Å². The molecule has 188 valence electrons. The van der Waals surface area contributed by atoms with E-state index in [0.717, 1.165) is 25.7 Å². The summed E-state index contributed by atoms with van der Waals surface area (Å²) in [6, 6.07) is 0. The number of unbranched alkanes of at least 4 members (excludes halogenated alkanes) is 7. The van der Waals surface area contributed by atoms with Crippen molar-refractivity contribution in [1.82, 2.24) is 0 Å². The van der Waals surface area contributed by atoms with E-state index in [4.69, 9.17) is 19.4 Å². The molecular weight excluding hydrogens is 481 g/mol. The minimum atomic E-state index is -5.64. The van der Waals surface area contributed by atoms with Gasteiger partial charge in [-0.05, 0) is 6.42 Å². The number of phosphoric ester groups is 1. The highest BCUT2D eigenvalue weighted by atomic mass is 31.3. The van der Waals surface area contributed by atoms with Crippen LogP contribution in [0.2, 0.25) is 0 Å². The predicted octanol–water partition coefficient (Wildman–Crippen LogP) is 2.46. The van der Waals surface area contributed by atoms with Gasteiger partial charge in [0.2, 0.25) is 0 Å². The Morgan fingerprint density at radius 1 is 0.710 bits per heavy atom. The van der Waals surface area contributed by atoms with Gasteiger partial charge < -0.3 is 34.5 Å². The van der Waals surface area contributed by atoms with Crippen LogP contribution in [0.25, 0.3) is 0 Å². The SMILES string of the molecule is CCCCCCCCCCOCC(CO)(CO)COP(=O)(O)OP(=O)(O)OP(=O)(O)O. The zero-order valence-corrected chi connectivity index (χ0v) is 20.3. The van der Waals surface area contributed by atoms with E-state index in [-0.39, 0.29) is 6.61 Å². The van der Waals surface area contributed by atoms with E-state index in [1.165, 1.54) is 25.7 Å². The molecule has 0 spiro atoms. The van der Waals surface area contributed by atoms with Crippen LogP contribution >= 0.6 is 23.5 Å². The minimum Gasteiger partial charge on any atom is -0.396 e. The van der Waals surface area contributed by atoms with Crippen molar-refractivity contribution in [2.24, 2.45) is 5.41 Å². The summed E-state index contributed by atoms with van der Waals surface area (Å²) in [6.45, 7) is -0.00771. The Labute approximate surface area is 182 Å². The maximum absolute atomic E-state index is 11.8. The van der Waals surface area contributed by atoms with Gasteiger partial charge in [0.1, 0.15) is 0 Å². The normalized spacial score (nSPS) is 16.7. The first-order valence-electron chi connectivity index (χ1n) is 9.88. The van der Waals surface area contributed by atoms with E-state index < -0.39 is 48.7 Å². The molecule has 0 rings (SSSR count). The van der Waals surface area contributed by atoms with Crippen LogP contribution < -0.4 is 0 Å². The second-order valence-electron chi connectivity index (χ2n) is 7.21. The molecule has 0 saturated heterocycles. The summed E-state index contributed by atoms with van der Waals surface area (Å²) in [4.78, 5) is 35.6. The lowest BCUT2D eigenvalue weighted by Crippen LogP contribution is -2.39. The van der Waals surface area contributed by atoms with Gasteiger partial charge in [0.15, 0.2) is 0 Å². The fraction of sp³-hybridized carbons (Fsp3) is 1.00. The number of aliphatic hydroxyl groups excluding tert-OH is 2. The molecule has 0 aromatic rings. The quantitative estimate of drug-likeness (QED) is 0.102. The van der Waals surface area contributed by atoms with Crippen molar-refractivity contribution in [2.45, 2.75) is 58.3 Å². The highest BCUT2D eigenvalue weighted by Crippen LogP contribution is 2.66. The molecule has 0 radical (unpaired) electrons. The lowest BCUT2D eigenvalue weighted by atomic mass is 9.93. The van der Waals surface area contributed by atoms with Crippen molar-refractivity contribution in [1.29, 1.82) is 0 Å². The Kier molecular flexibility index (Phi) is 15.4. The molecule has 6 N–H and O–H groups in total. The fourth-order valence-corrected chi connectivity index (χ4v) is 5.55. The number of hydrogen-bond donors (Lipinski definition) is 6. The van der Waals surface area contributed by atoms with E-state index in [1.54, 1.807) is 0 Å². The van der Waals surface area contributed by atoms with Crippen molar-refractivity contribution in [3.8, 4) is 0 Å². The Bertz CT molecular complexity index is 619. The topological polar surface area (TPSA) is 210 Å². The van der Waals surface area contributed by atoms with Gasteiger partial charge in [-0.15, -0.1) is 0 Å². The summed E-state index contributed by atoms with van der Waals surface area (Å²) in [6.07, 6.45) is 8.71. The molecule has 0 fully saturated rings. The summed E-state index contributed by atoms with van der Waals surface area (Å²) in [7, 11) is -16.5. The maximum Gasteiger partial charge on any atom is 0.490 e. The molecule has 31 heavy (non-hydrogen) atoms. The van der Waals surface area contributed by atoms with Crippen LogP contribution in [0.1, 0.15) is 58.3 Å². The highest BCUT2D eigenvalue weighted by Gasteiger charge is 2.42. The van der Waals surface area contributed by atoms with Gasteiger partial charge in [-0.3, -0.25) is 4.52 Å². The first kappa shape index (κ1) is 31.3. The molecule has 0 saturated carbocycles. The molecule has 2 atom stereocenters. The molecule has 0 aromatic heterocycles. The number of hydrogen-bond acceptors (Lipinski definition) is 9. The van der Waals surface area contributed by atoms with Crippen molar-refractivity contribution in [3.05, 3.63) is 0 Å². The third-order valence-corrected chi connectivity index (χ3v) is 7.95. The molecule has 0 aliphatic rings. The van der Waals surface area contributed by atoms with Crippen LogP contribution in [-0.2, 0) is 31.6 Å². The Balaban J connectivity index is 4.42. The van der Waals surface area contributed by atoms with E-state index in [9.17, 15) is 28.8 Å². The Hall–Kier alpha value is 0.290. The molecule has 0 aliphatic heterocycles. The smallest absolute Gasteiger partial charge is 0.396 e. The van der Waals surface area contributed by atoms with Crippen molar-refractivity contribution in [2.75, 3.05) is 33.0 Å². The summed E-state index contributed by atoms with van der Waals surface area (Å²) in [5.74, 6) is 0. The van der Waals surface area contributed by atoms with Crippen molar-refractivity contribution < 1.29 is 61.4 Å². The third-order valence-electron chi connectivity index (χ3n) is 4.17. The second kappa shape index (κ2) is 15.2. The van der Waals surface area contributed by atoms with Crippen LogP contribution in [0.15, 0.2) is 0 Å². The number of phosphoric acid groups is 3.